The van der Waals surface area contributed by atoms with Gasteiger partial charge >= 0.3 is 6.18 Å². The number of ether oxygens (including phenoxy) is 1. The number of anilines is 1. The van der Waals surface area contributed by atoms with Gasteiger partial charge in [-0.1, -0.05) is 12.1 Å². The Morgan fingerprint density at radius 2 is 2.14 bits per heavy atom. The zero-order chi connectivity index (χ0) is 15.5. The van der Waals surface area contributed by atoms with Crippen molar-refractivity contribution in [2.45, 2.75) is 37.6 Å². The molecule has 2 rings (SSSR count). The summed E-state index contributed by atoms with van der Waals surface area (Å²) in [5, 5.41) is 2.58. The van der Waals surface area contributed by atoms with E-state index in [-0.39, 0.29) is 17.6 Å². The van der Waals surface area contributed by atoms with Crippen molar-refractivity contribution in [2.75, 3.05) is 11.9 Å². The lowest BCUT2D eigenvalue weighted by molar-refractivity contribution is -0.127. The van der Waals surface area contributed by atoms with E-state index in [4.69, 9.17) is 10.5 Å². The van der Waals surface area contributed by atoms with Crippen LogP contribution in [-0.2, 0) is 16.0 Å². The molecule has 0 bridgehead atoms. The highest BCUT2D eigenvalue weighted by Crippen LogP contribution is 2.24. The highest BCUT2D eigenvalue weighted by Gasteiger charge is 2.30. The maximum atomic E-state index is 12.3. The lowest BCUT2D eigenvalue weighted by Gasteiger charge is -2.13. The maximum absolute atomic E-state index is 12.3. The van der Waals surface area contributed by atoms with E-state index < -0.39 is 18.7 Å². The molecule has 116 valence electrons. The van der Waals surface area contributed by atoms with E-state index in [9.17, 15) is 18.0 Å². The summed E-state index contributed by atoms with van der Waals surface area (Å²) in [6.45, 7) is 0.352. The zero-order valence-corrected chi connectivity index (χ0v) is 11.3. The normalized spacial score (nSPS) is 22.3. The Labute approximate surface area is 120 Å². The van der Waals surface area contributed by atoms with Crippen molar-refractivity contribution in [3.63, 3.8) is 0 Å². The molecule has 7 heteroatoms. The zero-order valence-electron chi connectivity index (χ0n) is 11.3. The van der Waals surface area contributed by atoms with Crippen molar-refractivity contribution in [1.82, 2.24) is 0 Å². The lowest BCUT2D eigenvalue weighted by atomic mass is 10.1. The van der Waals surface area contributed by atoms with Crippen molar-refractivity contribution in [2.24, 2.45) is 5.73 Å². The maximum Gasteiger partial charge on any atom is 0.393 e. The fourth-order valence-electron chi connectivity index (χ4n) is 2.29. The molecule has 1 amide bonds. The minimum absolute atomic E-state index is 0.104. The molecule has 4 nitrogen and oxygen atoms in total. The van der Waals surface area contributed by atoms with Gasteiger partial charge in [0.15, 0.2) is 0 Å². The van der Waals surface area contributed by atoms with E-state index in [0.29, 0.717) is 25.1 Å². The first kappa shape index (κ1) is 15.8. The minimum Gasteiger partial charge on any atom is -0.364 e. The SMILES string of the molecule is NC[C@H]1CC[C@@H](C(=O)Nc2cccc(CC(F)(F)F)c2)O1. The van der Waals surface area contributed by atoms with Crippen LogP contribution in [0, 0.1) is 0 Å². The number of amides is 1. The number of carbonyl (C=O) groups excluding carboxylic acids is 1. The van der Waals surface area contributed by atoms with E-state index in [2.05, 4.69) is 5.32 Å². The number of hydrogen-bond acceptors (Lipinski definition) is 3. The van der Waals surface area contributed by atoms with Gasteiger partial charge in [-0.25, -0.2) is 0 Å². The highest BCUT2D eigenvalue weighted by atomic mass is 19.4. The summed E-state index contributed by atoms with van der Waals surface area (Å²) in [6.07, 6.45) is -4.74. The first-order chi connectivity index (χ1) is 9.87. The van der Waals surface area contributed by atoms with E-state index in [1.807, 2.05) is 0 Å². The fourth-order valence-corrected chi connectivity index (χ4v) is 2.29. The summed E-state index contributed by atoms with van der Waals surface area (Å²) in [7, 11) is 0. The Kier molecular flexibility index (Phi) is 4.84. The molecule has 1 heterocycles. The summed E-state index contributed by atoms with van der Waals surface area (Å²) in [6, 6.07) is 5.72. The monoisotopic (exact) mass is 302 g/mol. The van der Waals surface area contributed by atoms with Gasteiger partial charge in [0.25, 0.3) is 5.91 Å². The fraction of sp³-hybridized carbons (Fsp3) is 0.500. The van der Waals surface area contributed by atoms with Crippen LogP contribution in [0.2, 0.25) is 0 Å². The van der Waals surface area contributed by atoms with Crippen LogP contribution in [0.3, 0.4) is 0 Å². The Bertz CT molecular complexity index is 505. The van der Waals surface area contributed by atoms with Gasteiger partial charge in [-0.15, -0.1) is 0 Å². The van der Waals surface area contributed by atoms with Crippen LogP contribution in [-0.4, -0.2) is 30.8 Å². The number of nitrogens with one attached hydrogen (secondary N) is 1. The molecular formula is C14H17F3N2O2. The third kappa shape index (κ3) is 4.71. The summed E-state index contributed by atoms with van der Waals surface area (Å²) >= 11 is 0. The van der Waals surface area contributed by atoms with Gasteiger partial charge in [-0.3, -0.25) is 4.79 Å². The van der Waals surface area contributed by atoms with Crippen molar-refractivity contribution in [3.8, 4) is 0 Å². The molecule has 1 fully saturated rings. The van der Waals surface area contributed by atoms with Crippen molar-refractivity contribution in [3.05, 3.63) is 29.8 Å². The van der Waals surface area contributed by atoms with Gasteiger partial charge in [0, 0.05) is 12.2 Å². The molecule has 0 radical (unpaired) electrons. The van der Waals surface area contributed by atoms with Gasteiger partial charge in [0.1, 0.15) is 6.10 Å². The van der Waals surface area contributed by atoms with Crippen LogP contribution < -0.4 is 11.1 Å². The summed E-state index contributed by atoms with van der Waals surface area (Å²) in [4.78, 5) is 12.0. The average molecular weight is 302 g/mol. The summed E-state index contributed by atoms with van der Waals surface area (Å²) in [5.41, 5.74) is 5.90. The molecule has 0 unspecified atom stereocenters. The van der Waals surface area contributed by atoms with E-state index in [1.54, 1.807) is 6.07 Å². The molecule has 0 saturated carbocycles. The van der Waals surface area contributed by atoms with E-state index >= 15 is 0 Å². The van der Waals surface area contributed by atoms with Crippen LogP contribution in [0.4, 0.5) is 18.9 Å². The third-order valence-electron chi connectivity index (χ3n) is 3.26. The predicted octanol–water partition coefficient (Wildman–Crippen LogP) is 2.24. The molecule has 0 aliphatic carbocycles. The number of halogens is 3. The minimum atomic E-state index is -4.27. The molecular weight excluding hydrogens is 285 g/mol. The Morgan fingerprint density at radius 3 is 2.76 bits per heavy atom. The number of hydrogen-bond donors (Lipinski definition) is 2. The van der Waals surface area contributed by atoms with Crippen molar-refractivity contribution in [1.29, 1.82) is 0 Å². The topological polar surface area (TPSA) is 64.4 Å². The molecule has 3 N–H and O–H groups in total. The average Bonchev–Trinajstić information content (AvgIpc) is 2.85. The van der Waals surface area contributed by atoms with Crippen molar-refractivity contribution >= 4 is 11.6 Å². The number of rotatable bonds is 4. The third-order valence-corrected chi connectivity index (χ3v) is 3.26. The molecule has 1 aromatic rings. The number of nitrogens with two attached hydrogens (primary N) is 1. The second-order valence-electron chi connectivity index (χ2n) is 5.04. The Morgan fingerprint density at radius 1 is 1.38 bits per heavy atom. The Hall–Kier alpha value is -1.60. The van der Waals surface area contributed by atoms with Crippen molar-refractivity contribution < 1.29 is 22.7 Å². The second kappa shape index (κ2) is 6.44. The number of alkyl halides is 3. The highest BCUT2D eigenvalue weighted by molar-refractivity contribution is 5.94. The van der Waals surface area contributed by atoms with Gasteiger partial charge in [0.2, 0.25) is 0 Å². The first-order valence-corrected chi connectivity index (χ1v) is 6.69. The van der Waals surface area contributed by atoms with Crippen LogP contribution in [0.15, 0.2) is 24.3 Å². The number of carbonyl (C=O) groups is 1. The quantitative estimate of drug-likeness (QED) is 0.896. The van der Waals surface area contributed by atoms with Gasteiger partial charge in [-0.05, 0) is 30.5 Å². The van der Waals surface area contributed by atoms with Crippen LogP contribution in [0.5, 0.6) is 0 Å². The summed E-state index contributed by atoms with van der Waals surface area (Å²) in [5.74, 6) is -0.352. The molecule has 21 heavy (non-hydrogen) atoms. The lowest BCUT2D eigenvalue weighted by Crippen LogP contribution is -2.29. The molecule has 1 saturated heterocycles. The largest absolute Gasteiger partial charge is 0.393 e. The van der Waals surface area contributed by atoms with Gasteiger partial charge < -0.3 is 15.8 Å². The van der Waals surface area contributed by atoms with Gasteiger partial charge in [-0.2, -0.15) is 13.2 Å². The van der Waals surface area contributed by atoms with E-state index in [1.165, 1.54) is 18.2 Å². The van der Waals surface area contributed by atoms with Crippen LogP contribution in [0.25, 0.3) is 0 Å². The molecule has 2 atom stereocenters. The summed E-state index contributed by atoms with van der Waals surface area (Å²) < 4.78 is 42.5. The standard InChI is InChI=1S/C14H17F3N2O2/c15-14(16,17)7-9-2-1-3-10(6-9)19-13(20)12-5-4-11(8-18)21-12/h1-3,6,11-12H,4-5,7-8,18H2,(H,19,20)/t11-,12+/m1/s1. The van der Waals surface area contributed by atoms with E-state index in [0.717, 1.165) is 0 Å². The first-order valence-electron chi connectivity index (χ1n) is 6.69. The molecule has 1 aliphatic rings. The number of benzene rings is 1. The second-order valence-corrected chi connectivity index (χ2v) is 5.04. The predicted molar refractivity (Wildman–Crippen MR) is 71.8 cm³/mol. The molecule has 1 aliphatic heterocycles. The Balaban J connectivity index is 1.96. The molecule has 0 aromatic heterocycles. The van der Waals surface area contributed by atoms with Gasteiger partial charge in [0.05, 0.1) is 12.5 Å². The molecule has 0 spiro atoms. The van der Waals surface area contributed by atoms with Crippen LogP contribution in [0.1, 0.15) is 18.4 Å². The molecule has 1 aromatic carbocycles. The van der Waals surface area contributed by atoms with Crippen LogP contribution >= 0.6 is 0 Å². The smallest absolute Gasteiger partial charge is 0.364 e.